The smallest absolute Gasteiger partial charge is 0.233 e. The molecule has 0 bridgehead atoms. The van der Waals surface area contributed by atoms with Gasteiger partial charge in [0.1, 0.15) is 5.03 Å². The van der Waals surface area contributed by atoms with E-state index in [0.717, 1.165) is 32.6 Å². The van der Waals surface area contributed by atoms with Crippen molar-refractivity contribution >= 4 is 28.6 Å². The van der Waals surface area contributed by atoms with Gasteiger partial charge in [-0.3, -0.25) is 4.79 Å². The molecule has 0 aliphatic heterocycles. The molecule has 0 saturated carbocycles. The van der Waals surface area contributed by atoms with Crippen LogP contribution in [0.25, 0.3) is 10.9 Å². The van der Waals surface area contributed by atoms with Gasteiger partial charge in [-0.05, 0) is 43.5 Å². The van der Waals surface area contributed by atoms with Crippen molar-refractivity contribution in [2.45, 2.75) is 37.6 Å². The number of amides is 1. The van der Waals surface area contributed by atoms with Crippen molar-refractivity contribution in [3.8, 4) is 0 Å². The van der Waals surface area contributed by atoms with Gasteiger partial charge in [-0.2, -0.15) is 0 Å². The molecule has 0 aliphatic rings. The number of rotatable bonds is 5. The van der Waals surface area contributed by atoms with Crippen molar-refractivity contribution in [1.82, 2.24) is 10.3 Å². The van der Waals surface area contributed by atoms with Crippen LogP contribution in [-0.4, -0.2) is 16.1 Å². The van der Waals surface area contributed by atoms with Crippen molar-refractivity contribution in [1.29, 1.82) is 0 Å². The summed E-state index contributed by atoms with van der Waals surface area (Å²) in [5.41, 5.74) is 4.36. The fourth-order valence-electron chi connectivity index (χ4n) is 2.70. The number of pyridine rings is 1. The molecule has 1 amide bonds. The number of thioether (sulfide) groups is 1. The molecule has 1 heterocycles. The number of nitrogens with zero attached hydrogens (tertiary/aromatic N) is 1. The van der Waals surface area contributed by atoms with Crippen molar-refractivity contribution in [3.63, 3.8) is 0 Å². The molecule has 0 fully saturated rings. The van der Waals surface area contributed by atoms with Crippen molar-refractivity contribution in [2.24, 2.45) is 0 Å². The highest BCUT2D eigenvalue weighted by Crippen LogP contribution is 2.28. The predicted molar refractivity (Wildman–Crippen MR) is 105 cm³/mol. The van der Waals surface area contributed by atoms with E-state index in [0.29, 0.717) is 6.54 Å². The number of aryl methyl sites for hydroxylation is 2. The Balaban J connectivity index is 1.70. The molecule has 1 N–H and O–H groups in total. The van der Waals surface area contributed by atoms with E-state index in [1.54, 1.807) is 0 Å². The summed E-state index contributed by atoms with van der Waals surface area (Å²) in [4.78, 5) is 17.2. The van der Waals surface area contributed by atoms with Gasteiger partial charge in [0.15, 0.2) is 0 Å². The third-order valence-electron chi connectivity index (χ3n) is 4.16. The average molecular weight is 350 g/mol. The van der Waals surface area contributed by atoms with Crippen LogP contribution in [-0.2, 0) is 11.3 Å². The predicted octanol–water partition coefficient (Wildman–Crippen LogP) is 4.65. The summed E-state index contributed by atoms with van der Waals surface area (Å²) in [6.45, 7) is 6.59. The maximum absolute atomic E-state index is 12.4. The van der Waals surface area contributed by atoms with Gasteiger partial charge in [0.25, 0.3) is 0 Å². The van der Waals surface area contributed by atoms with Crippen LogP contribution in [0.4, 0.5) is 0 Å². The molecule has 25 heavy (non-hydrogen) atoms. The molecule has 4 heteroatoms. The van der Waals surface area contributed by atoms with Crippen molar-refractivity contribution in [2.75, 3.05) is 0 Å². The number of hydrogen-bond acceptors (Lipinski definition) is 3. The third kappa shape index (κ3) is 4.20. The van der Waals surface area contributed by atoms with E-state index in [4.69, 9.17) is 4.98 Å². The monoisotopic (exact) mass is 350 g/mol. The number of aromatic nitrogens is 1. The maximum atomic E-state index is 12.4. The van der Waals surface area contributed by atoms with E-state index in [-0.39, 0.29) is 11.2 Å². The first kappa shape index (κ1) is 17.5. The van der Waals surface area contributed by atoms with E-state index >= 15 is 0 Å². The molecular formula is C21H22N2OS. The Labute approximate surface area is 152 Å². The lowest BCUT2D eigenvalue weighted by molar-refractivity contribution is -0.120. The van der Waals surface area contributed by atoms with Crippen LogP contribution in [0.5, 0.6) is 0 Å². The second-order valence-electron chi connectivity index (χ2n) is 6.22. The number of para-hydroxylation sites is 1. The number of carbonyl (C=O) groups is 1. The summed E-state index contributed by atoms with van der Waals surface area (Å²) in [5, 5.41) is 4.86. The Morgan fingerprint density at radius 1 is 1.08 bits per heavy atom. The number of nitrogens with one attached hydrogen (secondary N) is 1. The lowest BCUT2D eigenvalue weighted by atomic mass is 10.1. The zero-order valence-corrected chi connectivity index (χ0v) is 15.6. The third-order valence-corrected chi connectivity index (χ3v) is 5.36. The maximum Gasteiger partial charge on any atom is 0.233 e. The van der Waals surface area contributed by atoms with Gasteiger partial charge < -0.3 is 5.32 Å². The van der Waals surface area contributed by atoms with E-state index < -0.39 is 0 Å². The summed E-state index contributed by atoms with van der Waals surface area (Å²) < 4.78 is 0. The normalized spacial score (nSPS) is 12.1. The Bertz CT molecular complexity index is 893. The van der Waals surface area contributed by atoms with Gasteiger partial charge in [0.2, 0.25) is 5.91 Å². The van der Waals surface area contributed by atoms with Crippen LogP contribution >= 0.6 is 11.8 Å². The first-order valence-electron chi connectivity index (χ1n) is 8.40. The molecule has 0 saturated heterocycles. The number of hydrogen-bond donors (Lipinski definition) is 1. The van der Waals surface area contributed by atoms with Gasteiger partial charge in [0, 0.05) is 11.9 Å². The zero-order chi connectivity index (χ0) is 17.8. The molecule has 2 aromatic carbocycles. The molecule has 0 aliphatic carbocycles. The zero-order valence-electron chi connectivity index (χ0n) is 14.7. The highest BCUT2D eigenvalue weighted by molar-refractivity contribution is 8.00. The molecule has 3 nitrogen and oxygen atoms in total. The molecule has 1 atom stereocenters. The molecular weight excluding hydrogens is 328 g/mol. The lowest BCUT2D eigenvalue weighted by Gasteiger charge is -2.14. The summed E-state index contributed by atoms with van der Waals surface area (Å²) in [5.74, 6) is 0.0277. The van der Waals surface area contributed by atoms with Gasteiger partial charge in [-0.15, -0.1) is 0 Å². The Hall–Kier alpha value is -2.33. The number of carbonyl (C=O) groups excluding carboxylic acids is 1. The average Bonchev–Trinajstić information content (AvgIpc) is 2.62. The number of fused-ring (bicyclic) bond motifs is 1. The standard InChI is InChI=1S/C21H22N2OS/c1-14-8-7-11-18-12-15(2)21(23-19(14)18)25-16(3)20(24)22-13-17-9-5-4-6-10-17/h4-12,16H,13H2,1-3H3,(H,22,24). The van der Waals surface area contributed by atoms with Crippen LogP contribution in [0.1, 0.15) is 23.6 Å². The first-order chi connectivity index (χ1) is 12.0. The fourth-order valence-corrected chi connectivity index (χ4v) is 3.62. The largest absolute Gasteiger partial charge is 0.351 e. The van der Waals surface area contributed by atoms with Gasteiger partial charge in [-0.1, -0.05) is 60.3 Å². The molecule has 1 aromatic heterocycles. The van der Waals surface area contributed by atoms with Gasteiger partial charge in [0.05, 0.1) is 10.8 Å². The first-order valence-corrected chi connectivity index (χ1v) is 9.28. The summed E-state index contributed by atoms with van der Waals surface area (Å²) >= 11 is 1.51. The highest BCUT2D eigenvalue weighted by atomic mass is 32.2. The molecule has 3 rings (SSSR count). The van der Waals surface area contributed by atoms with Gasteiger partial charge in [-0.25, -0.2) is 4.98 Å². The Morgan fingerprint density at radius 3 is 2.60 bits per heavy atom. The Morgan fingerprint density at radius 2 is 1.84 bits per heavy atom. The lowest BCUT2D eigenvalue weighted by Crippen LogP contribution is -2.30. The quantitative estimate of drug-likeness (QED) is 0.681. The summed E-state index contributed by atoms with van der Waals surface area (Å²) in [6.07, 6.45) is 0. The van der Waals surface area contributed by atoms with Crippen LogP contribution < -0.4 is 5.32 Å². The van der Waals surface area contributed by atoms with Crippen LogP contribution in [0.3, 0.4) is 0 Å². The fraction of sp³-hybridized carbons (Fsp3) is 0.238. The molecule has 3 aromatic rings. The highest BCUT2D eigenvalue weighted by Gasteiger charge is 2.17. The summed E-state index contributed by atoms with van der Waals surface area (Å²) in [6, 6.07) is 18.3. The Kier molecular flexibility index (Phi) is 5.39. The minimum absolute atomic E-state index is 0.0277. The van der Waals surface area contributed by atoms with E-state index in [1.807, 2.05) is 50.2 Å². The molecule has 1 unspecified atom stereocenters. The number of benzene rings is 2. The second-order valence-corrected chi connectivity index (χ2v) is 7.55. The van der Waals surface area contributed by atoms with E-state index in [1.165, 1.54) is 11.8 Å². The molecule has 0 spiro atoms. The van der Waals surface area contributed by atoms with E-state index in [2.05, 4.69) is 30.4 Å². The molecule has 0 radical (unpaired) electrons. The molecule has 128 valence electrons. The minimum atomic E-state index is -0.198. The second kappa shape index (κ2) is 7.70. The minimum Gasteiger partial charge on any atom is -0.351 e. The topological polar surface area (TPSA) is 42.0 Å². The van der Waals surface area contributed by atoms with Crippen molar-refractivity contribution in [3.05, 3.63) is 71.3 Å². The van der Waals surface area contributed by atoms with Crippen LogP contribution in [0.2, 0.25) is 0 Å². The van der Waals surface area contributed by atoms with E-state index in [9.17, 15) is 4.79 Å². The van der Waals surface area contributed by atoms with Crippen molar-refractivity contribution < 1.29 is 4.79 Å². The summed E-state index contributed by atoms with van der Waals surface area (Å²) in [7, 11) is 0. The SMILES string of the molecule is Cc1cc2cccc(C)c2nc1SC(C)C(=O)NCc1ccccc1. The van der Waals surface area contributed by atoms with Crippen LogP contribution in [0, 0.1) is 13.8 Å². The van der Waals surface area contributed by atoms with Gasteiger partial charge >= 0.3 is 0 Å². The van der Waals surface area contributed by atoms with Crippen LogP contribution in [0.15, 0.2) is 59.6 Å².